The van der Waals surface area contributed by atoms with Crippen molar-refractivity contribution >= 4 is 27.3 Å². The Morgan fingerprint density at radius 3 is 2.45 bits per heavy atom. The molecule has 2 heterocycles. The first kappa shape index (κ1) is 16.0. The topological polar surface area (TPSA) is 72.4 Å². The third kappa shape index (κ3) is 2.81. The molecule has 3 rings (SSSR count). The molecule has 0 bridgehead atoms. The Morgan fingerprint density at radius 2 is 1.86 bits per heavy atom. The van der Waals surface area contributed by atoms with E-state index in [0.717, 1.165) is 25.9 Å². The minimum atomic E-state index is -3.27. The van der Waals surface area contributed by atoms with Gasteiger partial charge in [0.1, 0.15) is 10.6 Å². The van der Waals surface area contributed by atoms with Gasteiger partial charge in [-0.1, -0.05) is 12.8 Å². The first-order valence-corrected chi connectivity index (χ1v) is 9.77. The minimum Gasteiger partial charge on any atom is -0.378 e. The van der Waals surface area contributed by atoms with Crippen molar-refractivity contribution in [2.75, 3.05) is 37.5 Å². The van der Waals surface area contributed by atoms with Gasteiger partial charge >= 0.3 is 0 Å². The summed E-state index contributed by atoms with van der Waals surface area (Å²) < 4.78 is 29.3. The van der Waals surface area contributed by atoms with Crippen molar-refractivity contribution < 1.29 is 13.2 Å². The molecule has 22 heavy (non-hydrogen) atoms. The SMILES string of the molecule is CS(=O)(=O)C1(c2cc(N3CCOCC3)nc(Cl)n2)CCCC1. The van der Waals surface area contributed by atoms with Crippen LogP contribution in [-0.4, -0.2) is 50.9 Å². The summed E-state index contributed by atoms with van der Waals surface area (Å²) in [7, 11) is -3.27. The lowest BCUT2D eigenvalue weighted by Crippen LogP contribution is -2.38. The van der Waals surface area contributed by atoms with Gasteiger partial charge in [0.2, 0.25) is 5.28 Å². The molecular formula is C14H20ClN3O3S. The summed E-state index contributed by atoms with van der Waals surface area (Å²) in [6.07, 6.45) is 4.27. The number of morpholine rings is 1. The molecule has 6 nitrogen and oxygen atoms in total. The van der Waals surface area contributed by atoms with Gasteiger partial charge in [0.25, 0.3) is 0 Å². The van der Waals surface area contributed by atoms with E-state index in [1.54, 1.807) is 6.07 Å². The molecule has 2 aliphatic rings. The summed E-state index contributed by atoms with van der Waals surface area (Å²) in [6, 6.07) is 1.80. The summed E-state index contributed by atoms with van der Waals surface area (Å²) in [5, 5.41) is 0.105. The van der Waals surface area contributed by atoms with Gasteiger partial charge in [0.05, 0.1) is 18.9 Å². The van der Waals surface area contributed by atoms with Gasteiger partial charge in [0.15, 0.2) is 9.84 Å². The van der Waals surface area contributed by atoms with E-state index in [2.05, 4.69) is 14.9 Å². The fraction of sp³-hybridized carbons (Fsp3) is 0.714. The second-order valence-corrected chi connectivity index (χ2v) is 8.62. The summed E-state index contributed by atoms with van der Waals surface area (Å²) in [6.45, 7) is 2.71. The van der Waals surface area contributed by atoms with E-state index >= 15 is 0 Å². The number of aromatic nitrogens is 2. The molecule has 0 aromatic carbocycles. The summed E-state index contributed by atoms with van der Waals surface area (Å²) in [5.41, 5.74) is 0.536. The molecule has 1 saturated carbocycles. The Kier molecular flexibility index (Phi) is 4.31. The highest BCUT2D eigenvalue weighted by atomic mass is 35.5. The Labute approximate surface area is 135 Å². The molecule has 0 N–H and O–H groups in total. The van der Waals surface area contributed by atoms with Crippen molar-refractivity contribution in [3.8, 4) is 0 Å². The van der Waals surface area contributed by atoms with Crippen LogP contribution < -0.4 is 4.90 Å². The molecular weight excluding hydrogens is 326 g/mol. The van der Waals surface area contributed by atoms with Crippen LogP contribution in [0.25, 0.3) is 0 Å². The smallest absolute Gasteiger partial charge is 0.224 e. The third-order valence-electron chi connectivity index (χ3n) is 4.61. The molecule has 0 radical (unpaired) electrons. The van der Waals surface area contributed by atoms with Crippen molar-refractivity contribution in [3.05, 3.63) is 17.0 Å². The molecule has 1 aromatic rings. The van der Waals surface area contributed by atoms with Gasteiger partial charge in [-0.25, -0.2) is 18.4 Å². The predicted octanol–water partition coefficient (Wildman–Crippen LogP) is 1.78. The fourth-order valence-electron chi connectivity index (χ4n) is 3.36. The number of rotatable bonds is 3. The quantitative estimate of drug-likeness (QED) is 0.777. The number of ether oxygens (including phenoxy) is 1. The van der Waals surface area contributed by atoms with Crippen LogP contribution in [0.3, 0.4) is 0 Å². The lowest BCUT2D eigenvalue weighted by Gasteiger charge is -2.30. The van der Waals surface area contributed by atoms with Gasteiger partial charge in [-0.05, 0) is 24.4 Å². The van der Waals surface area contributed by atoms with Crippen molar-refractivity contribution in [1.29, 1.82) is 0 Å². The standard InChI is InChI=1S/C14H20ClN3O3S/c1-22(19,20)14(4-2-3-5-14)11-10-12(17-13(15)16-11)18-6-8-21-9-7-18/h10H,2-9H2,1H3. The van der Waals surface area contributed by atoms with E-state index in [9.17, 15) is 8.42 Å². The predicted molar refractivity (Wildman–Crippen MR) is 85.1 cm³/mol. The molecule has 0 spiro atoms. The van der Waals surface area contributed by atoms with Crippen LogP contribution in [-0.2, 0) is 19.3 Å². The van der Waals surface area contributed by atoms with Gasteiger partial charge in [-0.15, -0.1) is 0 Å². The molecule has 0 amide bonds. The first-order chi connectivity index (χ1) is 10.4. The summed E-state index contributed by atoms with van der Waals surface area (Å²) in [4.78, 5) is 10.6. The molecule has 1 aliphatic carbocycles. The van der Waals surface area contributed by atoms with E-state index in [-0.39, 0.29) is 5.28 Å². The average molecular weight is 346 g/mol. The molecule has 1 aromatic heterocycles. The lowest BCUT2D eigenvalue weighted by molar-refractivity contribution is 0.122. The van der Waals surface area contributed by atoms with Crippen molar-refractivity contribution in [1.82, 2.24) is 9.97 Å². The highest BCUT2D eigenvalue weighted by Gasteiger charge is 2.46. The molecule has 0 unspecified atom stereocenters. The number of anilines is 1. The number of hydrogen-bond donors (Lipinski definition) is 0. The Hall–Kier alpha value is -0.920. The third-order valence-corrected chi connectivity index (χ3v) is 6.81. The number of halogens is 1. The normalized spacial score (nSPS) is 22.0. The average Bonchev–Trinajstić information content (AvgIpc) is 2.98. The van der Waals surface area contributed by atoms with Crippen LogP contribution >= 0.6 is 11.6 Å². The molecule has 122 valence electrons. The highest BCUT2D eigenvalue weighted by Crippen LogP contribution is 2.45. The van der Waals surface area contributed by atoms with E-state index in [0.29, 0.717) is 37.6 Å². The summed E-state index contributed by atoms with van der Waals surface area (Å²) in [5.74, 6) is 0.688. The molecule has 2 fully saturated rings. The van der Waals surface area contributed by atoms with Crippen molar-refractivity contribution in [2.24, 2.45) is 0 Å². The van der Waals surface area contributed by atoms with E-state index < -0.39 is 14.6 Å². The van der Waals surface area contributed by atoms with Gasteiger partial charge in [-0.2, -0.15) is 0 Å². The van der Waals surface area contributed by atoms with Crippen LogP contribution in [0.1, 0.15) is 31.4 Å². The summed E-state index contributed by atoms with van der Waals surface area (Å²) >= 11 is 6.08. The molecule has 1 aliphatic heterocycles. The van der Waals surface area contributed by atoms with Gasteiger partial charge < -0.3 is 9.64 Å². The largest absolute Gasteiger partial charge is 0.378 e. The lowest BCUT2D eigenvalue weighted by atomic mass is 10.0. The zero-order chi connectivity index (χ0) is 15.8. The molecule has 1 saturated heterocycles. The minimum absolute atomic E-state index is 0.105. The number of sulfone groups is 1. The maximum atomic E-state index is 12.4. The maximum absolute atomic E-state index is 12.4. The number of hydrogen-bond acceptors (Lipinski definition) is 6. The fourth-order valence-corrected chi connectivity index (χ4v) is 5.05. The van der Waals surface area contributed by atoms with Crippen molar-refractivity contribution in [3.63, 3.8) is 0 Å². The Balaban J connectivity index is 2.04. The zero-order valence-electron chi connectivity index (χ0n) is 12.6. The van der Waals surface area contributed by atoms with Gasteiger partial charge in [0, 0.05) is 25.4 Å². The monoisotopic (exact) mass is 345 g/mol. The second kappa shape index (κ2) is 5.94. The van der Waals surface area contributed by atoms with E-state index in [1.807, 2.05) is 0 Å². The Morgan fingerprint density at radius 1 is 1.23 bits per heavy atom. The van der Waals surface area contributed by atoms with Crippen molar-refractivity contribution in [2.45, 2.75) is 30.4 Å². The first-order valence-electron chi connectivity index (χ1n) is 7.50. The van der Waals surface area contributed by atoms with E-state index in [4.69, 9.17) is 16.3 Å². The molecule has 0 atom stereocenters. The Bertz CT molecular complexity index is 653. The van der Waals surface area contributed by atoms with E-state index in [1.165, 1.54) is 6.26 Å². The zero-order valence-corrected chi connectivity index (χ0v) is 14.2. The van der Waals surface area contributed by atoms with Crippen LogP contribution in [0, 0.1) is 0 Å². The van der Waals surface area contributed by atoms with Gasteiger partial charge in [-0.3, -0.25) is 0 Å². The van der Waals surface area contributed by atoms with Crippen LogP contribution in [0.5, 0.6) is 0 Å². The van der Waals surface area contributed by atoms with Crippen LogP contribution in [0.4, 0.5) is 5.82 Å². The number of nitrogens with zero attached hydrogens (tertiary/aromatic N) is 3. The second-order valence-electron chi connectivity index (χ2n) is 5.95. The molecule has 8 heteroatoms. The van der Waals surface area contributed by atoms with Crippen LogP contribution in [0.15, 0.2) is 6.07 Å². The highest BCUT2D eigenvalue weighted by molar-refractivity contribution is 7.91. The van der Waals surface area contributed by atoms with Crippen LogP contribution in [0.2, 0.25) is 5.28 Å². The maximum Gasteiger partial charge on any atom is 0.224 e.